The summed E-state index contributed by atoms with van der Waals surface area (Å²) in [5, 5.41) is 1.50. The summed E-state index contributed by atoms with van der Waals surface area (Å²) in [6.45, 7) is 19.3. The van der Waals surface area contributed by atoms with Crippen LogP contribution in [0.1, 0.15) is 126 Å². The van der Waals surface area contributed by atoms with Crippen LogP contribution >= 0.6 is 31.9 Å². The predicted octanol–water partition coefficient (Wildman–Crippen LogP) is 14.7. The van der Waals surface area contributed by atoms with Crippen molar-refractivity contribution in [3.8, 4) is 39.1 Å². The van der Waals surface area contributed by atoms with Gasteiger partial charge in [0.2, 0.25) is 0 Å². The van der Waals surface area contributed by atoms with Gasteiger partial charge in [-0.25, -0.2) is 0 Å². The molecule has 0 aromatic heterocycles. The van der Waals surface area contributed by atoms with Crippen molar-refractivity contribution >= 4 is 31.9 Å². The molecule has 5 aromatic rings. The first-order valence-electron chi connectivity index (χ1n) is 19.3. The van der Waals surface area contributed by atoms with Gasteiger partial charge in [0.1, 0.15) is 5.75 Å². The molecule has 7 rings (SSSR count). The van der Waals surface area contributed by atoms with Crippen LogP contribution in [0.25, 0.3) is 33.4 Å². The number of benzene rings is 5. The molecule has 0 aliphatic heterocycles. The Morgan fingerprint density at radius 1 is 0.596 bits per heavy atom. The minimum absolute atomic E-state index is 0.0260. The van der Waals surface area contributed by atoms with Crippen LogP contribution in [0.3, 0.4) is 0 Å². The maximum atomic E-state index is 6.61. The molecule has 3 heteroatoms. The van der Waals surface area contributed by atoms with E-state index in [1.54, 1.807) is 0 Å². The Kier molecular flexibility index (Phi) is 10.2. The van der Waals surface area contributed by atoms with Crippen molar-refractivity contribution in [3.63, 3.8) is 0 Å². The molecule has 0 amide bonds. The molecule has 1 spiro atoms. The topological polar surface area (TPSA) is 9.23 Å². The number of alkyl halides is 2. The maximum Gasteiger partial charge on any atom is 0.123 e. The number of rotatable bonds is 10. The van der Waals surface area contributed by atoms with Gasteiger partial charge in [0.25, 0.3) is 0 Å². The van der Waals surface area contributed by atoms with Gasteiger partial charge >= 0.3 is 0 Å². The van der Waals surface area contributed by atoms with Crippen LogP contribution in [0, 0.1) is 5.92 Å². The number of unbranched alkanes of at least 4 members (excludes halogenated alkanes) is 1. The number of hydrogen-bond donors (Lipinski definition) is 0. The molecule has 0 saturated heterocycles. The molecule has 52 heavy (non-hydrogen) atoms. The van der Waals surface area contributed by atoms with Crippen molar-refractivity contribution < 1.29 is 4.74 Å². The average molecular weight is 819 g/mol. The normalized spacial score (nSPS) is 14.6. The summed E-state index contributed by atoms with van der Waals surface area (Å²) < 4.78 is 6.61. The van der Waals surface area contributed by atoms with E-state index in [4.69, 9.17) is 4.74 Å². The van der Waals surface area contributed by atoms with E-state index >= 15 is 0 Å². The first-order chi connectivity index (χ1) is 24.9. The lowest BCUT2D eigenvalue weighted by Crippen LogP contribution is -2.27. The molecule has 0 saturated carbocycles. The van der Waals surface area contributed by atoms with Crippen molar-refractivity contribution in [1.29, 1.82) is 0 Å². The zero-order valence-electron chi connectivity index (χ0n) is 32.4. The van der Waals surface area contributed by atoms with Crippen molar-refractivity contribution in [1.82, 2.24) is 0 Å². The zero-order chi connectivity index (χ0) is 37.0. The van der Waals surface area contributed by atoms with Crippen LogP contribution in [0.15, 0.2) is 91.0 Å². The second-order valence-electron chi connectivity index (χ2n) is 17.2. The molecule has 1 nitrogen and oxygen atoms in total. The minimum Gasteiger partial charge on any atom is -0.493 e. The van der Waals surface area contributed by atoms with E-state index < -0.39 is 5.41 Å². The van der Waals surface area contributed by atoms with Crippen LogP contribution in [0.4, 0.5) is 0 Å². The third-order valence-corrected chi connectivity index (χ3v) is 13.0. The second-order valence-corrected chi connectivity index (χ2v) is 18.3. The second kappa shape index (κ2) is 14.3. The number of halogens is 2. The Balaban J connectivity index is 1.46. The molecule has 1 atom stereocenters. The number of ether oxygens (including phenoxy) is 1. The Bertz CT molecular complexity index is 2060. The highest BCUT2D eigenvalue weighted by atomic mass is 79.9. The third-order valence-electron chi connectivity index (χ3n) is 11.8. The Hall–Kier alpha value is -3.14. The van der Waals surface area contributed by atoms with E-state index in [1.807, 2.05) is 0 Å². The van der Waals surface area contributed by atoms with Gasteiger partial charge in [-0.15, -0.1) is 0 Å². The lowest BCUT2D eigenvalue weighted by molar-refractivity contribution is 0.232. The summed E-state index contributed by atoms with van der Waals surface area (Å²) in [4.78, 5) is 0. The summed E-state index contributed by atoms with van der Waals surface area (Å²) in [5.41, 5.74) is 18.3. The standard InChI is InChI=1S/C49H54Br2O/c1-9-11-14-31(10-2)30-52-46-25-33(28-50)41(23-34(46)29-51)32-17-20-38-37-15-12-13-16-42(37)49(43(38)24-32)44-26-35(47(3,4)5)18-21-39(44)40-22-19-36(27-45(40)49)48(6,7)8/h12-13,15-27,31H,9-11,14,28-30H2,1-8H3. The van der Waals surface area contributed by atoms with Gasteiger partial charge in [-0.2, -0.15) is 0 Å². The first kappa shape index (κ1) is 37.2. The molecule has 0 radical (unpaired) electrons. The lowest BCUT2D eigenvalue weighted by atomic mass is 9.68. The highest BCUT2D eigenvalue weighted by Crippen LogP contribution is 2.64. The molecular weight excluding hydrogens is 764 g/mol. The highest BCUT2D eigenvalue weighted by molar-refractivity contribution is 9.08. The molecule has 0 fully saturated rings. The van der Waals surface area contributed by atoms with Gasteiger partial charge < -0.3 is 4.74 Å². The predicted molar refractivity (Wildman–Crippen MR) is 230 cm³/mol. The fraction of sp³-hybridized carbons (Fsp3) is 0.388. The molecular formula is C49H54Br2O. The fourth-order valence-electron chi connectivity index (χ4n) is 8.67. The lowest BCUT2D eigenvalue weighted by Gasteiger charge is -2.33. The van der Waals surface area contributed by atoms with Gasteiger partial charge in [0.15, 0.2) is 0 Å². The average Bonchev–Trinajstić information content (AvgIpc) is 3.60. The zero-order valence-corrected chi connectivity index (χ0v) is 35.5. The summed E-state index contributed by atoms with van der Waals surface area (Å²) in [5.74, 6) is 1.58. The van der Waals surface area contributed by atoms with Crippen LogP contribution in [0.5, 0.6) is 5.75 Å². The van der Waals surface area contributed by atoms with Crippen LogP contribution in [-0.2, 0) is 26.9 Å². The van der Waals surface area contributed by atoms with Gasteiger partial charge in [-0.3, -0.25) is 0 Å². The number of fused-ring (bicyclic) bond motifs is 10. The van der Waals surface area contributed by atoms with E-state index in [-0.39, 0.29) is 10.8 Å². The van der Waals surface area contributed by atoms with E-state index in [2.05, 4.69) is 178 Å². The summed E-state index contributed by atoms with van der Waals surface area (Å²) in [7, 11) is 0. The molecule has 0 heterocycles. The van der Waals surface area contributed by atoms with Gasteiger partial charge in [0.05, 0.1) is 12.0 Å². The molecule has 0 N–H and O–H groups in total. The molecule has 1 unspecified atom stereocenters. The van der Waals surface area contributed by atoms with Gasteiger partial charge in [-0.05, 0) is 114 Å². The van der Waals surface area contributed by atoms with E-state index in [0.717, 1.165) is 29.4 Å². The van der Waals surface area contributed by atoms with E-state index in [9.17, 15) is 0 Å². The first-order valence-corrected chi connectivity index (χ1v) is 21.6. The summed E-state index contributed by atoms with van der Waals surface area (Å²) in [6, 6.07) is 35.7. The van der Waals surface area contributed by atoms with Crippen molar-refractivity contribution in [2.45, 2.75) is 108 Å². The SMILES string of the molecule is CCCCC(CC)COc1cc(CBr)c(-c2ccc3c(c2)C2(c4ccccc4-3)c3cc(C(C)(C)C)ccc3-c3ccc(C(C)(C)C)cc32)cc1CBr. The van der Waals surface area contributed by atoms with Gasteiger partial charge in [-0.1, -0.05) is 179 Å². The van der Waals surface area contributed by atoms with Gasteiger partial charge in [0, 0.05) is 16.2 Å². The van der Waals surface area contributed by atoms with Crippen molar-refractivity contribution in [2.24, 2.45) is 5.92 Å². The molecule has 0 bridgehead atoms. The van der Waals surface area contributed by atoms with E-state index in [0.29, 0.717) is 5.92 Å². The molecule has 270 valence electrons. The quantitative estimate of drug-likeness (QED) is 0.125. The Morgan fingerprint density at radius 2 is 1.15 bits per heavy atom. The van der Waals surface area contributed by atoms with Crippen LogP contribution in [-0.4, -0.2) is 6.61 Å². The van der Waals surface area contributed by atoms with Crippen LogP contribution < -0.4 is 4.74 Å². The molecule has 2 aliphatic rings. The minimum atomic E-state index is -0.418. The van der Waals surface area contributed by atoms with Crippen molar-refractivity contribution in [2.75, 3.05) is 6.61 Å². The maximum absolute atomic E-state index is 6.61. The highest BCUT2D eigenvalue weighted by Gasteiger charge is 2.52. The van der Waals surface area contributed by atoms with E-state index in [1.165, 1.54) is 97.2 Å². The Labute approximate surface area is 329 Å². The van der Waals surface area contributed by atoms with Crippen molar-refractivity contribution in [3.05, 3.63) is 136 Å². The monoisotopic (exact) mass is 816 g/mol. The molecule has 2 aliphatic carbocycles. The molecule has 5 aromatic carbocycles. The number of hydrogen-bond acceptors (Lipinski definition) is 1. The third kappa shape index (κ3) is 6.22. The Morgan fingerprint density at radius 3 is 1.71 bits per heavy atom. The largest absolute Gasteiger partial charge is 0.493 e. The fourth-order valence-corrected chi connectivity index (χ4v) is 9.58. The van der Waals surface area contributed by atoms with Crippen LogP contribution in [0.2, 0.25) is 0 Å². The summed E-state index contributed by atoms with van der Waals surface area (Å²) >= 11 is 7.72. The summed E-state index contributed by atoms with van der Waals surface area (Å²) in [6.07, 6.45) is 4.85. The smallest absolute Gasteiger partial charge is 0.123 e.